The number of nitrogens with zero attached hydrogens (tertiary/aromatic N) is 2. The molecule has 7 nitrogen and oxygen atoms in total. The van der Waals surface area contributed by atoms with E-state index in [1.165, 1.54) is 6.92 Å². The van der Waals surface area contributed by atoms with Crippen LogP contribution < -0.4 is 16.0 Å². The largest absolute Gasteiger partial charge is 0.326 e. The number of benzene rings is 2. The first-order valence-electron chi connectivity index (χ1n) is 9.34. The molecule has 2 amide bonds. The first-order chi connectivity index (χ1) is 13.9. The predicted octanol–water partition coefficient (Wildman–Crippen LogP) is 4.30. The van der Waals surface area contributed by atoms with E-state index in [0.29, 0.717) is 17.3 Å². The lowest BCUT2D eigenvalue weighted by molar-refractivity contribution is -0.114. The van der Waals surface area contributed by atoms with Crippen LogP contribution in [0.15, 0.2) is 54.6 Å². The molecule has 1 aromatic heterocycles. The number of para-hydroxylation sites is 1. The molecular weight excluding hydrogens is 366 g/mol. The van der Waals surface area contributed by atoms with Gasteiger partial charge in [-0.1, -0.05) is 25.1 Å². The van der Waals surface area contributed by atoms with E-state index < -0.39 is 0 Å². The minimum atomic E-state index is -0.291. The summed E-state index contributed by atoms with van der Waals surface area (Å²) in [6.45, 7) is 5.31. The number of aromatic nitrogens is 2. The van der Waals surface area contributed by atoms with Gasteiger partial charge in [0.15, 0.2) is 0 Å². The Bertz CT molecular complexity index is 1030. The van der Waals surface area contributed by atoms with E-state index in [-0.39, 0.29) is 17.5 Å². The van der Waals surface area contributed by atoms with Crippen molar-refractivity contribution in [1.29, 1.82) is 0 Å². The van der Waals surface area contributed by atoms with Crippen LogP contribution in [0.5, 0.6) is 0 Å². The van der Waals surface area contributed by atoms with Crippen molar-refractivity contribution in [3.8, 4) is 0 Å². The van der Waals surface area contributed by atoms with Crippen molar-refractivity contribution in [3.05, 3.63) is 71.5 Å². The molecule has 0 spiro atoms. The van der Waals surface area contributed by atoms with Gasteiger partial charge >= 0.3 is 0 Å². The van der Waals surface area contributed by atoms with Crippen LogP contribution in [0.1, 0.15) is 35.6 Å². The van der Waals surface area contributed by atoms with E-state index in [4.69, 9.17) is 0 Å². The van der Waals surface area contributed by atoms with Crippen molar-refractivity contribution in [2.45, 2.75) is 27.2 Å². The van der Waals surface area contributed by atoms with Crippen LogP contribution in [-0.4, -0.2) is 21.8 Å². The Morgan fingerprint density at radius 2 is 1.62 bits per heavy atom. The molecule has 29 heavy (non-hydrogen) atoms. The summed E-state index contributed by atoms with van der Waals surface area (Å²) < 4.78 is 0. The third-order valence-corrected chi connectivity index (χ3v) is 4.19. The highest BCUT2D eigenvalue weighted by Crippen LogP contribution is 2.19. The molecule has 0 aliphatic heterocycles. The molecule has 0 radical (unpaired) electrons. The quantitative estimate of drug-likeness (QED) is 0.584. The molecule has 3 rings (SSSR count). The molecule has 0 saturated heterocycles. The third-order valence-electron chi connectivity index (χ3n) is 4.19. The summed E-state index contributed by atoms with van der Waals surface area (Å²) in [6.07, 6.45) is 0.820. The Morgan fingerprint density at radius 3 is 2.31 bits per heavy atom. The first kappa shape index (κ1) is 20.0. The summed E-state index contributed by atoms with van der Waals surface area (Å²) in [6, 6.07) is 16.5. The lowest BCUT2D eigenvalue weighted by atomic mass is 10.1. The van der Waals surface area contributed by atoms with Gasteiger partial charge in [0.2, 0.25) is 11.9 Å². The Hall–Kier alpha value is -3.74. The maximum absolute atomic E-state index is 12.7. The summed E-state index contributed by atoms with van der Waals surface area (Å²) in [5.41, 5.74) is 4.23. The van der Waals surface area contributed by atoms with Crippen LogP contribution in [0, 0.1) is 6.92 Å². The van der Waals surface area contributed by atoms with Gasteiger partial charge in [0.25, 0.3) is 5.91 Å². The molecule has 3 aromatic rings. The number of hydrogen-bond acceptors (Lipinski definition) is 5. The van der Waals surface area contributed by atoms with Crippen molar-refractivity contribution in [2.75, 3.05) is 16.0 Å². The molecule has 0 atom stereocenters. The topological polar surface area (TPSA) is 96.0 Å². The second-order valence-electron chi connectivity index (χ2n) is 6.57. The Morgan fingerprint density at radius 1 is 0.931 bits per heavy atom. The Kier molecular flexibility index (Phi) is 6.19. The Balaban J connectivity index is 1.77. The van der Waals surface area contributed by atoms with Gasteiger partial charge in [-0.25, -0.2) is 9.97 Å². The van der Waals surface area contributed by atoms with Crippen molar-refractivity contribution in [2.24, 2.45) is 0 Å². The van der Waals surface area contributed by atoms with Crippen LogP contribution in [0.3, 0.4) is 0 Å². The van der Waals surface area contributed by atoms with E-state index in [1.807, 2.05) is 38.1 Å². The fourth-order valence-corrected chi connectivity index (χ4v) is 2.85. The minimum absolute atomic E-state index is 0.131. The third kappa shape index (κ3) is 5.38. The summed E-state index contributed by atoms with van der Waals surface area (Å²) >= 11 is 0. The van der Waals surface area contributed by atoms with E-state index >= 15 is 0 Å². The zero-order chi connectivity index (χ0) is 20.8. The number of anilines is 4. The van der Waals surface area contributed by atoms with Crippen LogP contribution in [0.25, 0.3) is 0 Å². The molecule has 0 aliphatic rings. The molecular formula is C22H23N5O2. The molecule has 1 heterocycles. The number of nitrogens with one attached hydrogen (secondary N) is 3. The average Bonchev–Trinajstić information content (AvgIpc) is 2.69. The molecule has 0 saturated carbocycles. The number of amides is 2. The van der Waals surface area contributed by atoms with Gasteiger partial charge in [0.1, 0.15) is 5.69 Å². The standard InChI is InChI=1S/C22H23N5O2/c1-4-16-7-5-6-8-19(16)26-21(29)20-13-14(2)23-22(27-20)25-18-11-9-17(10-12-18)24-15(3)28/h5-13H,4H2,1-3H3,(H,24,28)(H,26,29)(H,23,25,27). The second kappa shape index (κ2) is 8.97. The second-order valence-corrected chi connectivity index (χ2v) is 6.57. The van der Waals surface area contributed by atoms with Gasteiger partial charge in [-0.15, -0.1) is 0 Å². The molecule has 0 aliphatic carbocycles. The maximum atomic E-state index is 12.7. The fraction of sp³-hybridized carbons (Fsp3) is 0.182. The summed E-state index contributed by atoms with van der Waals surface area (Å²) in [5, 5.41) is 8.73. The van der Waals surface area contributed by atoms with Gasteiger partial charge in [0, 0.05) is 29.7 Å². The average molecular weight is 389 g/mol. The number of aryl methyl sites for hydroxylation is 2. The van der Waals surface area contributed by atoms with Crippen molar-refractivity contribution < 1.29 is 9.59 Å². The molecule has 7 heteroatoms. The van der Waals surface area contributed by atoms with Gasteiger partial charge in [-0.3, -0.25) is 9.59 Å². The number of carbonyl (C=O) groups is 2. The predicted molar refractivity (Wildman–Crippen MR) is 115 cm³/mol. The molecule has 3 N–H and O–H groups in total. The highest BCUT2D eigenvalue weighted by Gasteiger charge is 2.13. The summed E-state index contributed by atoms with van der Waals surface area (Å²) in [7, 11) is 0. The normalized spacial score (nSPS) is 10.3. The highest BCUT2D eigenvalue weighted by atomic mass is 16.2. The summed E-state index contributed by atoms with van der Waals surface area (Å²) in [4.78, 5) is 32.5. The summed E-state index contributed by atoms with van der Waals surface area (Å²) in [5.74, 6) is -0.0975. The van der Waals surface area contributed by atoms with Crippen LogP contribution in [0.2, 0.25) is 0 Å². The number of carbonyl (C=O) groups excluding carboxylic acids is 2. The minimum Gasteiger partial charge on any atom is -0.326 e. The lowest BCUT2D eigenvalue weighted by Crippen LogP contribution is -2.16. The molecule has 0 bridgehead atoms. The fourth-order valence-electron chi connectivity index (χ4n) is 2.85. The van der Waals surface area contributed by atoms with E-state index in [2.05, 4.69) is 25.9 Å². The van der Waals surface area contributed by atoms with Crippen LogP contribution in [0.4, 0.5) is 23.0 Å². The highest BCUT2D eigenvalue weighted by molar-refractivity contribution is 6.03. The number of hydrogen-bond donors (Lipinski definition) is 3. The molecule has 0 unspecified atom stereocenters. The van der Waals surface area contributed by atoms with Crippen LogP contribution in [-0.2, 0) is 11.2 Å². The Labute approximate surface area is 169 Å². The van der Waals surface area contributed by atoms with E-state index in [0.717, 1.165) is 23.4 Å². The van der Waals surface area contributed by atoms with Gasteiger partial charge in [-0.2, -0.15) is 0 Å². The molecule has 0 fully saturated rings. The van der Waals surface area contributed by atoms with Gasteiger partial charge in [-0.05, 0) is 55.3 Å². The number of rotatable bonds is 6. The zero-order valence-electron chi connectivity index (χ0n) is 16.6. The smallest absolute Gasteiger partial charge is 0.274 e. The van der Waals surface area contributed by atoms with E-state index in [9.17, 15) is 9.59 Å². The maximum Gasteiger partial charge on any atom is 0.274 e. The first-order valence-corrected chi connectivity index (χ1v) is 9.34. The van der Waals surface area contributed by atoms with Gasteiger partial charge < -0.3 is 16.0 Å². The van der Waals surface area contributed by atoms with E-state index in [1.54, 1.807) is 30.3 Å². The molecule has 148 valence electrons. The van der Waals surface area contributed by atoms with Crippen molar-refractivity contribution in [3.63, 3.8) is 0 Å². The van der Waals surface area contributed by atoms with Gasteiger partial charge in [0.05, 0.1) is 0 Å². The lowest BCUT2D eigenvalue weighted by Gasteiger charge is -2.11. The SMILES string of the molecule is CCc1ccccc1NC(=O)c1cc(C)nc(Nc2ccc(NC(C)=O)cc2)n1. The monoisotopic (exact) mass is 389 g/mol. The van der Waals surface area contributed by atoms with Crippen LogP contribution >= 0.6 is 0 Å². The van der Waals surface area contributed by atoms with Crippen molar-refractivity contribution >= 4 is 34.8 Å². The van der Waals surface area contributed by atoms with Crippen molar-refractivity contribution in [1.82, 2.24) is 9.97 Å². The zero-order valence-corrected chi connectivity index (χ0v) is 16.6. The molecule has 2 aromatic carbocycles.